The summed E-state index contributed by atoms with van der Waals surface area (Å²) in [4.78, 5) is 11.0. The van der Waals surface area contributed by atoms with Crippen molar-refractivity contribution in [3.8, 4) is 5.75 Å². The number of aromatic amines is 1. The van der Waals surface area contributed by atoms with Crippen LogP contribution in [-0.4, -0.2) is 29.6 Å². The summed E-state index contributed by atoms with van der Waals surface area (Å²) < 4.78 is 27.2. The second kappa shape index (κ2) is 5.29. The molecule has 0 bridgehead atoms. The highest BCUT2D eigenvalue weighted by Crippen LogP contribution is 2.24. The minimum atomic E-state index is -3.94. The molecule has 23 heavy (non-hydrogen) atoms. The van der Waals surface area contributed by atoms with Crippen molar-refractivity contribution in [3.05, 3.63) is 48.2 Å². The van der Waals surface area contributed by atoms with Crippen LogP contribution in [0.1, 0.15) is 10.4 Å². The highest BCUT2D eigenvalue weighted by Gasteiger charge is 2.18. The zero-order chi connectivity index (χ0) is 16.6. The van der Waals surface area contributed by atoms with Crippen molar-refractivity contribution < 1.29 is 18.3 Å². The minimum absolute atomic E-state index is 0.186. The van der Waals surface area contributed by atoms with Crippen molar-refractivity contribution in [2.75, 3.05) is 4.72 Å². The predicted molar refractivity (Wildman–Crippen MR) is 83.5 cm³/mol. The fourth-order valence-corrected chi connectivity index (χ4v) is 3.17. The summed E-state index contributed by atoms with van der Waals surface area (Å²) in [7, 11) is -3.94. The van der Waals surface area contributed by atoms with Crippen LogP contribution in [0.2, 0.25) is 0 Å². The molecule has 0 spiro atoms. The maximum absolute atomic E-state index is 12.4. The van der Waals surface area contributed by atoms with Gasteiger partial charge in [-0.1, -0.05) is 0 Å². The van der Waals surface area contributed by atoms with E-state index in [0.717, 1.165) is 17.5 Å². The van der Waals surface area contributed by atoms with E-state index < -0.39 is 15.9 Å². The number of aromatic hydroxyl groups is 1. The van der Waals surface area contributed by atoms with Gasteiger partial charge in [-0.25, -0.2) is 8.42 Å². The molecule has 3 rings (SSSR count). The first-order valence-electron chi connectivity index (χ1n) is 6.45. The number of aromatic nitrogens is 2. The first kappa shape index (κ1) is 14.9. The Hall–Kier alpha value is -3.07. The lowest BCUT2D eigenvalue weighted by Crippen LogP contribution is -2.16. The number of H-pyrrole nitrogens is 1. The zero-order valence-electron chi connectivity index (χ0n) is 11.6. The minimum Gasteiger partial charge on any atom is -0.507 e. The SMILES string of the molecule is NC(=O)c1cc(S(=O)(=O)Nc2ccc3cn[nH]c3c2)ccc1O. The number of hydrogen-bond donors (Lipinski definition) is 4. The van der Waals surface area contributed by atoms with E-state index in [1.807, 2.05) is 0 Å². The van der Waals surface area contributed by atoms with Crippen LogP contribution in [0.15, 0.2) is 47.5 Å². The normalized spacial score (nSPS) is 11.5. The number of carbonyl (C=O) groups excluding carboxylic acids is 1. The van der Waals surface area contributed by atoms with E-state index in [-0.39, 0.29) is 16.2 Å². The molecule has 3 aromatic rings. The molecule has 0 unspecified atom stereocenters. The molecule has 0 saturated heterocycles. The lowest BCUT2D eigenvalue weighted by molar-refractivity contribution is 0.0997. The van der Waals surface area contributed by atoms with Gasteiger partial charge >= 0.3 is 0 Å². The number of anilines is 1. The van der Waals surface area contributed by atoms with E-state index >= 15 is 0 Å². The molecule has 2 aromatic carbocycles. The number of nitrogens with one attached hydrogen (secondary N) is 2. The lowest BCUT2D eigenvalue weighted by atomic mass is 10.2. The molecule has 0 aliphatic rings. The molecular weight excluding hydrogens is 320 g/mol. The van der Waals surface area contributed by atoms with E-state index in [4.69, 9.17) is 5.73 Å². The summed E-state index contributed by atoms with van der Waals surface area (Å²) in [6.45, 7) is 0. The van der Waals surface area contributed by atoms with E-state index in [1.54, 1.807) is 24.4 Å². The summed E-state index contributed by atoms with van der Waals surface area (Å²) >= 11 is 0. The Kier molecular flexibility index (Phi) is 3.41. The lowest BCUT2D eigenvalue weighted by Gasteiger charge is -2.09. The fourth-order valence-electron chi connectivity index (χ4n) is 2.09. The second-order valence-corrected chi connectivity index (χ2v) is 6.50. The first-order chi connectivity index (χ1) is 10.9. The smallest absolute Gasteiger partial charge is 0.261 e. The van der Waals surface area contributed by atoms with Gasteiger partial charge in [-0.2, -0.15) is 5.10 Å². The first-order valence-corrected chi connectivity index (χ1v) is 7.94. The predicted octanol–water partition coefficient (Wildman–Crippen LogP) is 1.17. The van der Waals surface area contributed by atoms with Gasteiger partial charge < -0.3 is 10.8 Å². The maximum atomic E-state index is 12.4. The molecule has 0 saturated carbocycles. The molecule has 0 radical (unpaired) electrons. The Morgan fingerprint density at radius 1 is 1.22 bits per heavy atom. The molecule has 0 aliphatic carbocycles. The van der Waals surface area contributed by atoms with E-state index in [0.29, 0.717) is 11.2 Å². The third-order valence-electron chi connectivity index (χ3n) is 3.24. The Balaban J connectivity index is 1.98. The number of primary amides is 1. The van der Waals surface area contributed by atoms with Crippen LogP contribution < -0.4 is 10.5 Å². The Bertz CT molecular complexity index is 1010. The van der Waals surface area contributed by atoms with Crippen molar-refractivity contribution in [1.82, 2.24) is 10.2 Å². The number of rotatable bonds is 4. The summed E-state index contributed by atoms with van der Waals surface area (Å²) in [6, 6.07) is 8.20. The van der Waals surface area contributed by atoms with Crippen LogP contribution in [0.4, 0.5) is 5.69 Å². The summed E-state index contributed by atoms with van der Waals surface area (Å²) in [5.41, 5.74) is 5.84. The molecule has 1 amide bonds. The van der Waals surface area contributed by atoms with Gasteiger partial charge in [0, 0.05) is 5.39 Å². The van der Waals surface area contributed by atoms with Gasteiger partial charge in [-0.3, -0.25) is 14.6 Å². The van der Waals surface area contributed by atoms with E-state index in [1.165, 1.54) is 6.07 Å². The average molecular weight is 332 g/mol. The number of sulfonamides is 1. The Morgan fingerprint density at radius 3 is 2.74 bits per heavy atom. The molecule has 0 atom stereocenters. The Morgan fingerprint density at radius 2 is 2.00 bits per heavy atom. The van der Waals surface area contributed by atoms with Crippen molar-refractivity contribution in [2.24, 2.45) is 5.73 Å². The second-order valence-electron chi connectivity index (χ2n) is 4.82. The number of nitrogens with zero attached hydrogens (tertiary/aromatic N) is 1. The van der Waals surface area contributed by atoms with Gasteiger partial charge in [0.15, 0.2) is 0 Å². The average Bonchev–Trinajstić information content (AvgIpc) is 2.94. The number of hydrogen-bond acceptors (Lipinski definition) is 5. The quantitative estimate of drug-likeness (QED) is 0.568. The molecule has 9 heteroatoms. The number of benzene rings is 2. The molecule has 8 nitrogen and oxygen atoms in total. The molecule has 118 valence electrons. The highest BCUT2D eigenvalue weighted by molar-refractivity contribution is 7.92. The standard InChI is InChI=1S/C14H12N4O4S/c15-14(20)11-6-10(3-4-13(11)19)23(21,22)18-9-2-1-8-7-16-17-12(8)5-9/h1-7,18-19H,(H2,15,20)(H,16,17). The van der Waals surface area contributed by atoms with Crippen LogP contribution in [0, 0.1) is 0 Å². The van der Waals surface area contributed by atoms with Crippen LogP contribution in [0.25, 0.3) is 10.9 Å². The number of fused-ring (bicyclic) bond motifs is 1. The largest absolute Gasteiger partial charge is 0.507 e. The van der Waals surface area contributed by atoms with Gasteiger partial charge in [0.25, 0.3) is 15.9 Å². The molecule has 1 aromatic heterocycles. The monoisotopic (exact) mass is 332 g/mol. The van der Waals surface area contributed by atoms with Gasteiger partial charge in [-0.15, -0.1) is 0 Å². The van der Waals surface area contributed by atoms with E-state index in [9.17, 15) is 18.3 Å². The van der Waals surface area contributed by atoms with Gasteiger partial charge in [0.2, 0.25) is 0 Å². The molecule has 0 fully saturated rings. The van der Waals surface area contributed by atoms with Gasteiger partial charge in [0.05, 0.1) is 27.9 Å². The summed E-state index contributed by atoms with van der Waals surface area (Å²) in [6.07, 6.45) is 1.62. The van der Waals surface area contributed by atoms with Crippen LogP contribution in [0.3, 0.4) is 0 Å². The highest BCUT2D eigenvalue weighted by atomic mass is 32.2. The fraction of sp³-hybridized carbons (Fsp3) is 0. The molecule has 1 heterocycles. The number of amides is 1. The summed E-state index contributed by atoms with van der Waals surface area (Å²) in [5, 5.41) is 17.0. The van der Waals surface area contributed by atoms with E-state index in [2.05, 4.69) is 14.9 Å². The van der Waals surface area contributed by atoms with Gasteiger partial charge in [-0.05, 0) is 36.4 Å². The molecular formula is C14H12N4O4S. The zero-order valence-corrected chi connectivity index (χ0v) is 12.5. The van der Waals surface area contributed by atoms with Crippen LogP contribution in [-0.2, 0) is 10.0 Å². The number of carbonyl (C=O) groups is 1. The van der Waals surface area contributed by atoms with Crippen molar-refractivity contribution in [2.45, 2.75) is 4.90 Å². The Labute approximate surface area is 131 Å². The molecule has 5 N–H and O–H groups in total. The van der Waals surface area contributed by atoms with Crippen molar-refractivity contribution >= 4 is 32.5 Å². The van der Waals surface area contributed by atoms with Crippen LogP contribution >= 0.6 is 0 Å². The number of phenols is 1. The van der Waals surface area contributed by atoms with Crippen molar-refractivity contribution in [3.63, 3.8) is 0 Å². The van der Waals surface area contributed by atoms with Crippen LogP contribution in [0.5, 0.6) is 5.75 Å². The third-order valence-corrected chi connectivity index (χ3v) is 4.62. The van der Waals surface area contributed by atoms with Gasteiger partial charge in [0.1, 0.15) is 5.75 Å². The van der Waals surface area contributed by atoms with Crippen molar-refractivity contribution in [1.29, 1.82) is 0 Å². The number of nitrogens with two attached hydrogens (primary N) is 1. The third kappa shape index (κ3) is 2.81. The molecule has 0 aliphatic heterocycles. The maximum Gasteiger partial charge on any atom is 0.261 e. The topological polar surface area (TPSA) is 138 Å². The summed E-state index contributed by atoms with van der Waals surface area (Å²) in [5.74, 6) is -1.30.